The molecular formula is C11H20O3. The van der Waals surface area contributed by atoms with E-state index in [-0.39, 0.29) is 5.92 Å². The average Bonchev–Trinajstić information content (AvgIpc) is 2.29. The SMILES string of the molecule is CC1CCCC(C(C)(O)C(=O)O)CC1. The van der Waals surface area contributed by atoms with Gasteiger partial charge in [-0.2, -0.15) is 0 Å². The molecule has 0 aromatic carbocycles. The summed E-state index contributed by atoms with van der Waals surface area (Å²) in [6, 6.07) is 0. The third-order valence-electron chi connectivity index (χ3n) is 3.49. The standard InChI is InChI=1S/C11H20O3/c1-8-4-3-5-9(7-6-8)11(2,14)10(12)13/h8-9,14H,3-7H2,1-2H3,(H,12,13). The van der Waals surface area contributed by atoms with Crippen LogP contribution in [0.2, 0.25) is 0 Å². The summed E-state index contributed by atoms with van der Waals surface area (Å²) in [6.07, 6.45) is 4.90. The highest BCUT2D eigenvalue weighted by atomic mass is 16.4. The zero-order valence-electron chi connectivity index (χ0n) is 8.99. The normalized spacial score (nSPS) is 33.1. The minimum atomic E-state index is -1.54. The molecule has 1 fully saturated rings. The molecule has 0 heterocycles. The van der Waals surface area contributed by atoms with Crippen LogP contribution in [0.1, 0.15) is 46.0 Å². The second-order valence-corrected chi connectivity index (χ2v) is 4.76. The van der Waals surface area contributed by atoms with Crippen LogP contribution in [0.4, 0.5) is 0 Å². The Kier molecular flexibility index (Phi) is 3.53. The summed E-state index contributed by atoms with van der Waals surface area (Å²) in [5, 5.41) is 18.7. The topological polar surface area (TPSA) is 57.5 Å². The molecule has 0 saturated heterocycles. The van der Waals surface area contributed by atoms with Crippen LogP contribution in [0.3, 0.4) is 0 Å². The first kappa shape index (κ1) is 11.5. The first-order chi connectivity index (χ1) is 6.44. The van der Waals surface area contributed by atoms with E-state index < -0.39 is 11.6 Å². The van der Waals surface area contributed by atoms with E-state index in [1.807, 2.05) is 0 Å². The van der Waals surface area contributed by atoms with E-state index in [4.69, 9.17) is 5.11 Å². The van der Waals surface area contributed by atoms with E-state index in [1.54, 1.807) is 0 Å². The molecule has 1 saturated carbocycles. The van der Waals surface area contributed by atoms with E-state index in [2.05, 4.69) is 6.92 Å². The van der Waals surface area contributed by atoms with Crippen LogP contribution in [0.5, 0.6) is 0 Å². The molecule has 0 spiro atoms. The fourth-order valence-electron chi connectivity index (χ4n) is 2.22. The van der Waals surface area contributed by atoms with Gasteiger partial charge in [-0.25, -0.2) is 4.79 Å². The van der Waals surface area contributed by atoms with E-state index >= 15 is 0 Å². The lowest BCUT2D eigenvalue weighted by molar-refractivity contribution is -0.163. The highest BCUT2D eigenvalue weighted by Gasteiger charge is 2.39. The zero-order chi connectivity index (χ0) is 10.8. The predicted octanol–water partition coefficient (Wildman–Crippen LogP) is 2.04. The summed E-state index contributed by atoms with van der Waals surface area (Å²) in [6.45, 7) is 3.62. The third-order valence-corrected chi connectivity index (χ3v) is 3.49. The van der Waals surface area contributed by atoms with Gasteiger partial charge in [-0.05, 0) is 31.6 Å². The van der Waals surface area contributed by atoms with Crippen LogP contribution in [-0.4, -0.2) is 21.8 Å². The molecule has 0 amide bonds. The van der Waals surface area contributed by atoms with Gasteiger partial charge in [-0.3, -0.25) is 0 Å². The monoisotopic (exact) mass is 200 g/mol. The molecule has 0 aliphatic heterocycles. The number of aliphatic hydroxyl groups is 1. The lowest BCUT2D eigenvalue weighted by Crippen LogP contribution is -2.42. The van der Waals surface area contributed by atoms with E-state index in [0.29, 0.717) is 5.92 Å². The van der Waals surface area contributed by atoms with Gasteiger partial charge in [0.1, 0.15) is 0 Å². The van der Waals surface area contributed by atoms with Crippen molar-refractivity contribution in [3.8, 4) is 0 Å². The van der Waals surface area contributed by atoms with Crippen LogP contribution in [0.25, 0.3) is 0 Å². The molecule has 3 unspecified atom stereocenters. The maximum atomic E-state index is 10.9. The van der Waals surface area contributed by atoms with E-state index in [1.165, 1.54) is 6.92 Å². The maximum absolute atomic E-state index is 10.9. The van der Waals surface area contributed by atoms with Gasteiger partial charge >= 0.3 is 5.97 Å². The molecule has 1 aliphatic rings. The Balaban J connectivity index is 2.63. The molecule has 0 aromatic heterocycles. The van der Waals surface area contributed by atoms with Crippen LogP contribution < -0.4 is 0 Å². The zero-order valence-corrected chi connectivity index (χ0v) is 8.99. The number of aliphatic carboxylic acids is 1. The van der Waals surface area contributed by atoms with Crippen molar-refractivity contribution in [1.29, 1.82) is 0 Å². The molecule has 3 heteroatoms. The van der Waals surface area contributed by atoms with Crippen molar-refractivity contribution in [3.05, 3.63) is 0 Å². The lowest BCUT2D eigenvalue weighted by Gasteiger charge is -2.27. The van der Waals surface area contributed by atoms with E-state index in [9.17, 15) is 9.90 Å². The number of carboxylic acids is 1. The highest BCUT2D eigenvalue weighted by molar-refractivity contribution is 5.76. The first-order valence-corrected chi connectivity index (χ1v) is 5.40. The molecular weight excluding hydrogens is 180 g/mol. The van der Waals surface area contributed by atoms with Crippen LogP contribution >= 0.6 is 0 Å². The summed E-state index contributed by atoms with van der Waals surface area (Å²) in [5.41, 5.74) is -1.54. The number of carbonyl (C=O) groups is 1. The van der Waals surface area contributed by atoms with Crippen LogP contribution in [0.15, 0.2) is 0 Å². The van der Waals surface area contributed by atoms with Gasteiger partial charge in [0.15, 0.2) is 5.60 Å². The molecule has 0 bridgehead atoms. The Bertz CT molecular complexity index is 211. The predicted molar refractivity (Wildman–Crippen MR) is 54.0 cm³/mol. The Labute approximate surface area is 85.1 Å². The Morgan fingerprint density at radius 3 is 2.50 bits per heavy atom. The van der Waals surface area contributed by atoms with Gasteiger partial charge in [-0.1, -0.05) is 26.2 Å². The quantitative estimate of drug-likeness (QED) is 0.671. The molecule has 3 atom stereocenters. The second kappa shape index (κ2) is 4.30. The van der Waals surface area contributed by atoms with Gasteiger partial charge in [0.2, 0.25) is 0 Å². The second-order valence-electron chi connectivity index (χ2n) is 4.76. The summed E-state index contributed by atoms with van der Waals surface area (Å²) in [5.74, 6) is -0.494. The molecule has 2 N–H and O–H groups in total. The van der Waals surface area contributed by atoms with E-state index in [0.717, 1.165) is 32.1 Å². The molecule has 0 radical (unpaired) electrons. The highest BCUT2D eigenvalue weighted by Crippen LogP contribution is 2.33. The molecule has 1 rings (SSSR count). The van der Waals surface area contributed by atoms with Crippen molar-refractivity contribution in [2.45, 2.75) is 51.6 Å². The Hall–Kier alpha value is -0.570. The summed E-state index contributed by atoms with van der Waals surface area (Å²) in [7, 11) is 0. The number of hydrogen-bond acceptors (Lipinski definition) is 2. The average molecular weight is 200 g/mol. The van der Waals surface area contributed by atoms with Gasteiger partial charge < -0.3 is 10.2 Å². The van der Waals surface area contributed by atoms with Crippen LogP contribution in [-0.2, 0) is 4.79 Å². The summed E-state index contributed by atoms with van der Waals surface area (Å²) in [4.78, 5) is 10.9. The van der Waals surface area contributed by atoms with Gasteiger partial charge in [0, 0.05) is 0 Å². The van der Waals surface area contributed by atoms with Crippen molar-refractivity contribution in [2.24, 2.45) is 11.8 Å². The van der Waals surface area contributed by atoms with Crippen molar-refractivity contribution in [1.82, 2.24) is 0 Å². The molecule has 3 nitrogen and oxygen atoms in total. The molecule has 0 aromatic rings. The Morgan fingerprint density at radius 2 is 1.93 bits per heavy atom. The Morgan fingerprint density at radius 1 is 1.29 bits per heavy atom. The van der Waals surface area contributed by atoms with Gasteiger partial charge in [0.25, 0.3) is 0 Å². The largest absolute Gasteiger partial charge is 0.479 e. The molecule has 82 valence electrons. The number of hydrogen-bond donors (Lipinski definition) is 2. The minimum Gasteiger partial charge on any atom is -0.479 e. The maximum Gasteiger partial charge on any atom is 0.335 e. The van der Waals surface area contributed by atoms with Gasteiger partial charge in [0.05, 0.1) is 0 Å². The molecule has 14 heavy (non-hydrogen) atoms. The first-order valence-electron chi connectivity index (χ1n) is 5.40. The number of carboxylic acid groups (broad SMARTS) is 1. The minimum absolute atomic E-state index is 0.0788. The third kappa shape index (κ3) is 2.47. The fraction of sp³-hybridized carbons (Fsp3) is 0.909. The van der Waals surface area contributed by atoms with Crippen molar-refractivity contribution in [3.63, 3.8) is 0 Å². The summed E-state index contributed by atoms with van der Waals surface area (Å²) >= 11 is 0. The fourth-order valence-corrected chi connectivity index (χ4v) is 2.22. The smallest absolute Gasteiger partial charge is 0.335 e. The van der Waals surface area contributed by atoms with Crippen molar-refractivity contribution >= 4 is 5.97 Å². The number of rotatable bonds is 2. The molecule has 1 aliphatic carbocycles. The van der Waals surface area contributed by atoms with Crippen molar-refractivity contribution < 1.29 is 15.0 Å². The lowest BCUT2D eigenvalue weighted by atomic mass is 9.83. The van der Waals surface area contributed by atoms with Crippen molar-refractivity contribution in [2.75, 3.05) is 0 Å². The van der Waals surface area contributed by atoms with Gasteiger partial charge in [-0.15, -0.1) is 0 Å². The summed E-state index contributed by atoms with van der Waals surface area (Å²) < 4.78 is 0. The van der Waals surface area contributed by atoms with Crippen LogP contribution in [0, 0.1) is 11.8 Å².